The van der Waals surface area contributed by atoms with Crippen LogP contribution in [0.2, 0.25) is 0 Å². The fourth-order valence-electron chi connectivity index (χ4n) is 4.79. The van der Waals surface area contributed by atoms with Gasteiger partial charge < -0.3 is 25.0 Å². The van der Waals surface area contributed by atoms with E-state index in [1.165, 1.54) is 0 Å². The van der Waals surface area contributed by atoms with Gasteiger partial charge in [-0.05, 0) is 130 Å². The maximum absolute atomic E-state index is 10.4. The maximum Gasteiger partial charge on any atom is 0.171 e. The first-order valence-electron chi connectivity index (χ1n) is 11.5. The molecule has 4 rings (SSSR count). The molecule has 3 N–H and O–H groups in total. The van der Waals surface area contributed by atoms with Gasteiger partial charge in [0.05, 0.1) is 11.4 Å². The third-order valence-electron chi connectivity index (χ3n) is 6.11. The number of hydrogen-bond acceptors (Lipinski definition) is 5. The zero-order valence-corrected chi connectivity index (χ0v) is 21.0. The minimum atomic E-state index is 0.110. The SMILES string of the molecule is Cc1cc(C)c(Oc2ccc(N(c3c(C)cc(O)cc3C)c3c(C)cc(O)cc3C)cc2)c(O)c1. The zero-order chi connectivity index (χ0) is 25.4. The first-order valence-corrected chi connectivity index (χ1v) is 11.5. The second-order valence-corrected chi connectivity index (χ2v) is 9.22. The van der Waals surface area contributed by atoms with Crippen LogP contribution in [0.1, 0.15) is 33.4 Å². The average molecular weight is 470 g/mol. The Morgan fingerprint density at radius 1 is 0.571 bits per heavy atom. The Bertz CT molecular complexity index is 1280. The summed E-state index contributed by atoms with van der Waals surface area (Å²) in [5.74, 6) is 1.60. The van der Waals surface area contributed by atoms with Gasteiger partial charge in [0.25, 0.3) is 0 Å². The third-order valence-corrected chi connectivity index (χ3v) is 6.11. The largest absolute Gasteiger partial charge is 0.508 e. The number of aryl methyl sites for hydroxylation is 6. The van der Waals surface area contributed by atoms with Gasteiger partial charge in [-0.25, -0.2) is 0 Å². The molecule has 0 aliphatic carbocycles. The smallest absolute Gasteiger partial charge is 0.171 e. The van der Waals surface area contributed by atoms with Gasteiger partial charge in [0, 0.05) is 5.69 Å². The van der Waals surface area contributed by atoms with E-state index in [9.17, 15) is 15.3 Å². The lowest BCUT2D eigenvalue weighted by Gasteiger charge is -2.31. The molecule has 0 spiro atoms. The fraction of sp³-hybridized carbons (Fsp3) is 0.200. The second-order valence-electron chi connectivity index (χ2n) is 9.22. The molecule has 0 saturated carbocycles. The van der Waals surface area contributed by atoms with Crippen LogP contribution in [-0.4, -0.2) is 15.3 Å². The summed E-state index contributed by atoms with van der Waals surface area (Å²) in [6.45, 7) is 11.7. The number of phenolic OH excluding ortho intramolecular Hbond substituents is 3. The molecular formula is C30H31NO4. The summed E-state index contributed by atoms with van der Waals surface area (Å²) in [7, 11) is 0. The van der Waals surface area contributed by atoms with Crippen LogP contribution in [0, 0.1) is 41.5 Å². The number of ether oxygens (including phenoxy) is 1. The molecule has 35 heavy (non-hydrogen) atoms. The van der Waals surface area contributed by atoms with Crippen LogP contribution in [-0.2, 0) is 0 Å². The summed E-state index contributed by atoms with van der Waals surface area (Å²) in [4.78, 5) is 2.15. The van der Waals surface area contributed by atoms with E-state index in [2.05, 4.69) is 4.90 Å². The fourth-order valence-corrected chi connectivity index (χ4v) is 4.79. The lowest BCUT2D eigenvalue weighted by molar-refractivity contribution is 0.408. The van der Waals surface area contributed by atoms with Crippen molar-refractivity contribution in [1.29, 1.82) is 0 Å². The van der Waals surface area contributed by atoms with Crippen molar-refractivity contribution in [2.75, 3.05) is 4.90 Å². The average Bonchev–Trinajstić information content (AvgIpc) is 2.74. The monoisotopic (exact) mass is 469 g/mol. The van der Waals surface area contributed by atoms with E-state index in [1.54, 1.807) is 30.3 Å². The number of nitrogens with zero attached hydrogens (tertiary/aromatic N) is 1. The number of anilines is 3. The number of hydrogen-bond donors (Lipinski definition) is 3. The van der Waals surface area contributed by atoms with Crippen molar-refractivity contribution in [2.45, 2.75) is 41.5 Å². The van der Waals surface area contributed by atoms with E-state index in [1.807, 2.05) is 71.9 Å². The standard InChI is InChI=1S/C30H31NO4/c1-17-11-22(6)30(27(34)12-17)35-26-9-7-23(8-10-26)31(28-18(2)13-24(32)14-19(28)3)29-20(4)15-25(33)16-21(29)5/h7-16,32-34H,1-6H3. The van der Waals surface area contributed by atoms with E-state index in [4.69, 9.17) is 4.74 Å². The summed E-state index contributed by atoms with van der Waals surface area (Å²) in [6, 6.07) is 18.3. The van der Waals surface area contributed by atoms with Gasteiger partial charge in [-0.15, -0.1) is 0 Å². The highest BCUT2D eigenvalue weighted by Gasteiger charge is 2.22. The van der Waals surface area contributed by atoms with Crippen LogP contribution in [0.5, 0.6) is 28.7 Å². The predicted octanol–water partition coefficient (Wildman–Crippen LogP) is 7.92. The highest BCUT2D eigenvalue weighted by atomic mass is 16.5. The van der Waals surface area contributed by atoms with Gasteiger partial charge in [0.2, 0.25) is 0 Å². The minimum Gasteiger partial charge on any atom is -0.508 e. The molecule has 0 atom stereocenters. The van der Waals surface area contributed by atoms with Crippen molar-refractivity contribution in [2.24, 2.45) is 0 Å². The van der Waals surface area contributed by atoms with Crippen molar-refractivity contribution >= 4 is 17.1 Å². The summed E-state index contributed by atoms with van der Waals surface area (Å²) in [6.07, 6.45) is 0. The van der Waals surface area contributed by atoms with Crippen LogP contribution in [0.15, 0.2) is 60.7 Å². The highest BCUT2D eigenvalue weighted by molar-refractivity contribution is 5.84. The molecule has 4 aromatic carbocycles. The van der Waals surface area contributed by atoms with Gasteiger partial charge >= 0.3 is 0 Å². The molecule has 0 aliphatic heterocycles. The van der Waals surface area contributed by atoms with Crippen LogP contribution in [0.3, 0.4) is 0 Å². The van der Waals surface area contributed by atoms with Crippen molar-refractivity contribution < 1.29 is 20.1 Å². The van der Waals surface area contributed by atoms with E-state index in [0.717, 1.165) is 50.4 Å². The molecule has 0 bridgehead atoms. The molecule has 0 unspecified atom stereocenters. The normalized spacial score (nSPS) is 10.9. The minimum absolute atomic E-state index is 0.110. The molecule has 0 aliphatic rings. The van der Waals surface area contributed by atoms with Gasteiger partial charge in [0.1, 0.15) is 17.2 Å². The third kappa shape index (κ3) is 4.76. The second kappa shape index (κ2) is 9.26. The topological polar surface area (TPSA) is 73.2 Å². The summed E-state index contributed by atoms with van der Waals surface area (Å²) >= 11 is 0. The van der Waals surface area contributed by atoms with Crippen molar-refractivity contribution in [3.8, 4) is 28.7 Å². The van der Waals surface area contributed by atoms with E-state index >= 15 is 0 Å². The number of benzene rings is 4. The molecular weight excluding hydrogens is 438 g/mol. The zero-order valence-electron chi connectivity index (χ0n) is 21.0. The van der Waals surface area contributed by atoms with Crippen LogP contribution < -0.4 is 9.64 Å². The van der Waals surface area contributed by atoms with Crippen LogP contribution >= 0.6 is 0 Å². The predicted molar refractivity (Wildman–Crippen MR) is 141 cm³/mol. The van der Waals surface area contributed by atoms with Gasteiger partial charge in [-0.2, -0.15) is 0 Å². The number of aromatic hydroxyl groups is 3. The van der Waals surface area contributed by atoms with Crippen LogP contribution in [0.25, 0.3) is 0 Å². The lowest BCUT2D eigenvalue weighted by atomic mass is 10.0. The Morgan fingerprint density at radius 2 is 1.03 bits per heavy atom. The maximum atomic E-state index is 10.4. The molecule has 180 valence electrons. The van der Waals surface area contributed by atoms with E-state index < -0.39 is 0 Å². The molecule has 0 aromatic heterocycles. The van der Waals surface area contributed by atoms with Crippen molar-refractivity contribution in [3.63, 3.8) is 0 Å². The Morgan fingerprint density at radius 3 is 1.46 bits per heavy atom. The van der Waals surface area contributed by atoms with Gasteiger partial charge in [-0.3, -0.25) is 0 Å². The Balaban J connectivity index is 1.83. The highest BCUT2D eigenvalue weighted by Crippen LogP contribution is 2.44. The molecule has 5 nitrogen and oxygen atoms in total. The van der Waals surface area contributed by atoms with Gasteiger partial charge in [0.15, 0.2) is 11.5 Å². The molecule has 0 radical (unpaired) electrons. The quantitative estimate of drug-likeness (QED) is 0.277. The lowest BCUT2D eigenvalue weighted by Crippen LogP contribution is -2.15. The van der Waals surface area contributed by atoms with Gasteiger partial charge in [-0.1, -0.05) is 6.07 Å². The van der Waals surface area contributed by atoms with E-state index in [-0.39, 0.29) is 17.2 Å². The Labute approximate surface area is 206 Å². The summed E-state index contributed by atoms with van der Waals surface area (Å²) in [5, 5.41) is 30.6. The summed E-state index contributed by atoms with van der Waals surface area (Å²) < 4.78 is 6.03. The van der Waals surface area contributed by atoms with Crippen molar-refractivity contribution in [1.82, 2.24) is 0 Å². The Hall–Kier alpha value is -4.12. The number of rotatable bonds is 5. The molecule has 0 saturated heterocycles. The molecule has 0 amide bonds. The number of phenols is 3. The van der Waals surface area contributed by atoms with Crippen molar-refractivity contribution in [3.05, 3.63) is 94.0 Å². The first kappa shape index (κ1) is 24.0. The molecule has 0 fully saturated rings. The molecule has 0 heterocycles. The summed E-state index contributed by atoms with van der Waals surface area (Å²) in [5.41, 5.74) is 8.35. The first-order chi connectivity index (χ1) is 16.5. The van der Waals surface area contributed by atoms with E-state index in [0.29, 0.717) is 11.5 Å². The molecule has 4 aromatic rings. The Kier molecular flexibility index (Phi) is 6.35. The van der Waals surface area contributed by atoms with Crippen LogP contribution in [0.4, 0.5) is 17.1 Å². The molecule has 5 heteroatoms.